The van der Waals surface area contributed by atoms with Crippen LogP contribution >= 0.6 is 23.7 Å². The van der Waals surface area contributed by atoms with Crippen molar-refractivity contribution in [1.82, 2.24) is 4.98 Å². The van der Waals surface area contributed by atoms with Gasteiger partial charge in [-0.1, -0.05) is 12.1 Å². The van der Waals surface area contributed by atoms with Crippen molar-refractivity contribution in [3.63, 3.8) is 0 Å². The van der Waals surface area contributed by atoms with Gasteiger partial charge in [0.05, 0.1) is 22.9 Å². The molecule has 0 aliphatic rings. The first-order valence-electron chi connectivity index (χ1n) is 6.89. The SMILES string of the molecule is CC(=O)Nc1nc(-c2ccc(S(=O)(=O)CCN=C(N)N)cc2)cs1.Cl. The summed E-state index contributed by atoms with van der Waals surface area (Å²) in [4.78, 5) is 19.1. The van der Waals surface area contributed by atoms with Crippen molar-refractivity contribution in [3.8, 4) is 11.3 Å². The first kappa shape index (κ1) is 20.9. The molecule has 0 aliphatic heterocycles. The van der Waals surface area contributed by atoms with E-state index in [2.05, 4.69) is 15.3 Å². The zero-order valence-corrected chi connectivity index (χ0v) is 15.7. The summed E-state index contributed by atoms with van der Waals surface area (Å²) in [5.74, 6) is -0.509. The number of nitrogens with two attached hydrogens (primary N) is 2. The fraction of sp³-hybridized carbons (Fsp3) is 0.214. The Balaban J connectivity index is 0.00000312. The van der Waals surface area contributed by atoms with Gasteiger partial charge in [0.15, 0.2) is 20.9 Å². The zero-order chi connectivity index (χ0) is 17.7. The molecule has 0 unspecified atom stereocenters. The second-order valence-electron chi connectivity index (χ2n) is 4.87. The Kier molecular flexibility index (Phi) is 7.34. The van der Waals surface area contributed by atoms with E-state index in [0.717, 1.165) is 5.56 Å². The lowest BCUT2D eigenvalue weighted by molar-refractivity contribution is -0.114. The van der Waals surface area contributed by atoms with Gasteiger partial charge in [-0.3, -0.25) is 9.79 Å². The van der Waals surface area contributed by atoms with Crippen LogP contribution in [-0.4, -0.2) is 37.6 Å². The van der Waals surface area contributed by atoms with Crippen LogP contribution in [0.4, 0.5) is 5.13 Å². The molecule has 1 aromatic heterocycles. The molecule has 25 heavy (non-hydrogen) atoms. The van der Waals surface area contributed by atoms with Crippen LogP contribution in [0.3, 0.4) is 0 Å². The molecule has 2 rings (SSSR count). The molecule has 1 amide bonds. The third-order valence-corrected chi connectivity index (χ3v) is 5.42. The summed E-state index contributed by atoms with van der Waals surface area (Å²) in [6.07, 6.45) is 0. The number of aromatic nitrogens is 1. The van der Waals surface area contributed by atoms with Crippen molar-refractivity contribution >= 4 is 50.6 Å². The number of hydrogen-bond donors (Lipinski definition) is 3. The number of sulfone groups is 1. The zero-order valence-electron chi connectivity index (χ0n) is 13.3. The summed E-state index contributed by atoms with van der Waals surface area (Å²) in [6.45, 7) is 1.42. The van der Waals surface area contributed by atoms with Gasteiger partial charge in [0.1, 0.15) is 0 Å². The van der Waals surface area contributed by atoms with Gasteiger partial charge in [-0.05, 0) is 12.1 Å². The Labute approximate surface area is 155 Å². The van der Waals surface area contributed by atoms with E-state index >= 15 is 0 Å². The Morgan fingerprint density at radius 2 is 1.92 bits per heavy atom. The number of halogens is 1. The maximum atomic E-state index is 12.2. The molecule has 8 nitrogen and oxygen atoms in total. The molecule has 0 saturated heterocycles. The second kappa shape index (κ2) is 8.79. The number of carbonyl (C=O) groups is 1. The minimum atomic E-state index is -3.46. The minimum Gasteiger partial charge on any atom is -0.370 e. The van der Waals surface area contributed by atoms with Gasteiger partial charge in [-0.25, -0.2) is 13.4 Å². The molecule has 11 heteroatoms. The van der Waals surface area contributed by atoms with Crippen LogP contribution in [0, 0.1) is 0 Å². The second-order valence-corrected chi connectivity index (χ2v) is 7.84. The molecule has 0 atom stereocenters. The summed E-state index contributed by atoms with van der Waals surface area (Å²) in [5, 5.41) is 4.88. The number of guanidine groups is 1. The van der Waals surface area contributed by atoms with E-state index in [1.807, 2.05) is 0 Å². The van der Waals surface area contributed by atoms with E-state index < -0.39 is 9.84 Å². The van der Waals surface area contributed by atoms with Crippen molar-refractivity contribution in [2.45, 2.75) is 11.8 Å². The van der Waals surface area contributed by atoms with E-state index in [1.54, 1.807) is 17.5 Å². The Hall–Kier alpha value is -2.17. The Bertz CT molecular complexity index is 859. The molecule has 5 N–H and O–H groups in total. The molecule has 1 heterocycles. The van der Waals surface area contributed by atoms with Gasteiger partial charge in [0.2, 0.25) is 5.91 Å². The van der Waals surface area contributed by atoms with E-state index in [9.17, 15) is 13.2 Å². The number of amides is 1. The first-order valence-corrected chi connectivity index (χ1v) is 9.43. The molecule has 1 aromatic carbocycles. The highest BCUT2D eigenvalue weighted by Crippen LogP contribution is 2.26. The van der Waals surface area contributed by atoms with Crippen molar-refractivity contribution in [2.24, 2.45) is 16.5 Å². The molecule has 0 saturated carbocycles. The van der Waals surface area contributed by atoms with Crippen LogP contribution in [-0.2, 0) is 14.6 Å². The summed E-state index contributed by atoms with van der Waals surface area (Å²) in [7, 11) is -3.46. The van der Waals surface area contributed by atoms with E-state index in [4.69, 9.17) is 11.5 Å². The number of rotatable bonds is 6. The van der Waals surface area contributed by atoms with Crippen LogP contribution < -0.4 is 16.8 Å². The Morgan fingerprint density at radius 1 is 1.28 bits per heavy atom. The number of carbonyl (C=O) groups excluding carboxylic acids is 1. The standard InChI is InChI=1S/C14H17N5O3S2.ClH/c1-9(20)18-14-19-12(8-23-14)10-2-4-11(5-3-10)24(21,22)7-6-17-13(15)16;/h2-5,8H,6-7H2,1H3,(H4,15,16,17)(H,18,19,20);1H. The molecule has 136 valence electrons. The lowest BCUT2D eigenvalue weighted by Gasteiger charge is -2.04. The Morgan fingerprint density at radius 3 is 2.48 bits per heavy atom. The van der Waals surface area contributed by atoms with E-state index in [-0.39, 0.29) is 41.5 Å². The maximum Gasteiger partial charge on any atom is 0.223 e. The van der Waals surface area contributed by atoms with E-state index in [0.29, 0.717) is 10.8 Å². The molecule has 0 fully saturated rings. The third kappa shape index (κ3) is 6.00. The van der Waals surface area contributed by atoms with Gasteiger partial charge in [0, 0.05) is 17.9 Å². The van der Waals surface area contributed by atoms with E-state index in [1.165, 1.54) is 30.4 Å². The average Bonchev–Trinajstić information content (AvgIpc) is 2.94. The number of nitrogens with one attached hydrogen (secondary N) is 1. The number of anilines is 1. The highest BCUT2D eigenvalue weighted by Gasteiger charge is 2.14. The number of benzene rings is 1. The highest BCUT2D eigenvalue weighted by atomic mass is 35.5. The van der Waals surface area contributed by atoms with Crippen molar-refractivity contribution < 1.29 is 13.2 Å². The maximum absolute atomic E-state index is 12.2. The van der Waals surface area contributed by atoms with Gasteiger partial charge >= 0.3 is 0 Å². The molecule has 2 aromatic rings. The first-order chi connectivity index (χ1) is 11.3. The lowest BCUT2D eigenvalue weighted by Crippen LogP contribution is -2.24. The van der Waals surface area contributed by atoms with Crippen LogP contribution in [0.25, 0.3) is 11.3 Å². The van der Waals surface area contributed by atoms with Crippen LogP contribution in [0.15, 0.2) is 39.5 Å². The fourth-order valence-corrected chi connectivity index (χ4v) is 3.74. The summed E-state index contributed by atoms with van der Waals surface area (Å²) in [5.41, 5.74) is 11.8. The summed E-state index contributed by atoms with van der Waals surface area (Å²) in [6, 6.07) is 6.36. The highest BCUT2D eigenvalue weighted by molar-refractivity contribution is 7.91. The predicted molar refractivity (Wildman–Crippen MR) is 102 cm³/mol. The number of hydrogen-bond acceptors (Lipinski definition) is 6. The summed E-state index contributed by atoms with van der Waals surface area (Å²) < 4.78 is 24.3. The molecular weight excluding hydrogens is 386 g/mol. The largest absolute Gasteiger partial charge is 0.370 e. The third-order valence-electron chi connectivity index (χ3n) is 2.95. The number of aliphatic imine (C=N–C) groups is 1. The van der Waals surface area contributed by atoms with Crippen LogP contribution in [0.1, 0.15) is 6.92 Å². The van der Waals surface area contributed by atoms with Gasteiger partial charge in [0.25, 0.3) is 0 Å². The van der Waals surface area contributed by atoms with Gasteiger partial charge in [-0.15, -0.1) is 23.7 Å². The topological polar surface area (TPSA) is 141 Å². The molecule has 0 aliphatic carbocycles. The number of thiazole rings is 1. The average molecular weight is 404 g/mol. The predicted octanol–water partition coefficient (Wildman–Crippen LogP) is 1.24. The normalized spacial score (nSPS) is 10.6. The fourth-order valence-electron chi connectivity index (χ4n) is 1.86. The van der Waals surface area contributed by atoms with Crippen LogP contribution in [0.2, 0.25) is 0 Å². The quantitative estimate of drug-likeness (QED) is 0.489. The van der Waals surface area contributed by atoms with Gasteiger partial charge < -0.3 is 16.8 Å². The minimum absolute atomic E-state index is 0. The van der Waals surface area contributed by atoms with Crippen molar-refractivity contribution in [3.05, 3.63) is 29.6 Å². The van der Waals surface area contributed by atoms with Crippen LogP contribution in [0.5, 0.6) is 0 Å². The molecule has 0 radical (unpaired) electrons. The lowest BCUT2D eigenvalue weighted by atomic mass is 10.2. The van der Waals surface area contributed by atoms with Gasteiger partial charge in [-0.2, -0.15) is 0 Å². The molecule has 0 bridgehead atoms. The summed E-state index contributed by atoms with van der Waals surface area (Å²) >= 11 is 1.30. The monoisotopic (exact) mass is 403 g/mol. The molecule has 0 spiro atoms. The van der Waals surface area contributed by atoms with Crippen molar-refractivity contribution in [1.29, 1.82) is 0 Å². The molecular formula is C14H18ClN5O3S2. The smallest absolute Gasteiger partial charge is 0.223 e. The number of nitrogens with zero attached hydrogens (tertiary/aromatic N) is 2. The van der Waals surface area contributed by atoms with Crippen molar-refractivity contribution in [2.75, 3.05) is 17.6 Å².